The highest BCUT2D eigenvalue weighted by Gasteiger charge is 2.23. The standard InChI is InChI=1S/C15H15FN4O2/c16-10-3-1-9(2-4-10)14-18-15(22)12(19-20-14)7-8-13(21)17-11-5-6-11/h1-4,11H,5-8H2,(H,17,21)(H,18,20,22). The molecular formula is C15H15FN4O2. The fourth-order valence-electron chi connectivity index (χ4n) is 2.02. The number of amides is 1. The van der Waals surface area contributed by atoms with Gasteiger partial charge in [0.15, 0.2) is 5.82 Å². The summed E-state index contributed by atoms with van der Waals surface area (Å²) < 4.78 is 12.9. The van der Waals surface area contributed by atoms with Crippen LogP contribution in [0.25, 0.3) is 11.4 Å². The van der Waals surface area contributed by atoms with Crippen molar-refractivity contribution in [1.82, 2.24) is 20.5 Å². The van der Waals surface area contributed by atoms with Gasteiger partial charge in [-0.3, -0.25) is 9.59 Å². The van der Waals surface area contributed by atoms with E-state index in [0.717, 1.165) is 12.8 Å². The minimum absolute atomic E-state index is 0.0775. The van der Waals surface area contributed by atoms with Crippen molar-refractivity contribution >= 4 is 5.91 Å². The molecular weight excluding hydrogens is 287 g/mol. The largest absolute Gasteiger partial charge is 0.353 e. The number of carbonyl (C=O) groups is 1. The Kier molecular flexibility index (Phi) is 3.95. The van der Waals surface area contributed by atoms with Crippen LogP contribution in [0, 0.1) is 5.82 Å². The summed E-state index contributed by atoms with van der Waals surface area (Å²) in [6, 6.07) is 5.89. The summed E-state index contributed by atoms with van der Waals surface area (Å²) in [4.78, 5) is 26.2. The van der Waals surface area contributed by atoms with Gasteiger partial charge in [-0.15, -0.1) is 10.2 Å². The molecule has 0 unspecified atom stereocenters. The van der Waals surface area contributed by atoms with Gasteiger partial charge in [0, 0.05) is 24.4 Å². The van der Waals surface area contributed by atoms with Crippen LogP contribution in [0.1, 0.15) is 25.0 Å². The molecule has 6 nitrogen and oxygen atoms in total. The van der Waals surface area contributed by atoms with E-state index >= 15 is 0 Å². The van der Waals surface area contributed by atoms with Crippen LogP contribution in [0.15, 0.2) is 29.1 Å². The number of hydrogen-bond donors (Lipinski definition) is 2. The number of rotatable bonds is 5. The highest BCUT2D eigenvalue weighted by Crippen LogP contribution is 2.18. The minimum atomic E-state index is -0.381. The zero-order valence-corrected chi connectivity index (χ0v) is 11.8. The van der Waals surface area contributed by atoms with Crippen LogP contribution in [0.2, 0.25) is 0 Å². The van der Waals surface area contributed by atoms with E-state index in [-0.39, 0.29) is 41.6 Å². The molecule has 1 amide bonds. The quantitative estimate of drug-likeness (QED) is 0.868. The van der Waals surface area contributed by atoms with Crippen molar-refractivity contribution in [2.75, 3.05) is 0 Å². The summed E-state index contributed by atoms with van der Waals surface area (Å²) in [6.07, 6.45) is 2.51. The molecule has 1 saturated carbocycles. The Morgan fingerprint density at radius 2 is 2.00 bits per heavy atom. The van der Waals surface area contributed by atoms with E-state index in [4.69, 9.17) is 0 Å². The highest BCUT2D eigenvalue weighted by molar-refractivity contribution is 5.76. The van der Waals surface area contributed by atoms with Crippen LogP contribution in [0.3, 0.4) is 0 Å². The zero-order chi connectivity index (χ0) is 15.5. The maximum atomic E-state index is 12.9. The number of aromatic nitrogens is 3. The Labute approximate surface area is 125 Å². The van der Waals surface area contributed by atoms with Gasteiger partial charge < -0.3 is 10.3 Å². The summed E-state index contributed by atoms with van der Waals surface area (Å²) in [5, 5.41) is 10.7. The van der Waals surface area contributed by atoms with E-state index in [9.17, 15) is 14.0 Å². The Morgan fingerprint density at radius 3 is 2.64 bits per heavy atom. The maximum Gasteiger partial charge on any atom is 0.273 e. The average Bonchev–Trinajstić information content (AvgIpc) is 3.30. The van der Waals surface area contributed by atoms with Gasteiger partial charge in [0.05, 0.1) is 0 Å². The predicted molar refractivity (Wildman–Crippen MR) is 77.5 cm³/mol. The molecule has 114 valence electrons. The summed E-state index contributed by atoms with van der Waals surface area (Å²) in [6.45, 7) is 0. The lowest BCUT2D eigenvalue weighted by Gasteiger charge is -2.03. The zero-order valence-electron chi connectivity index (χ0n) is 11.8. The van der Waals surface area contributed by atoms with Gasteiger partial charge in [0.2, 0.25) is 5.91 Å². The normalized spacial score (nSPS) is 13.9. The molecule has 1 fully saturated rings. The van der Waals surface area contributed by atoms with Crippen LogP contribution >= 0.6 is 0 Å². The molecule has 1 heterocycles. The van der Waals surface area contributed by atoms with Crippen LogP contribution in [0.4, 0.5) is 4.39 Å². The van der Waals surface area contributed by atoms with Crippen LogP contribution < -0.4 is 10.9 Å². The number of halogens is 1. The number of H-pyrrole nitrogens is 1. The molecule has 1 aliphatic rings. The second kappa shape index (κ2) is 6.05. The van der Waals surface area contributed by atoms with Gasteiger partial charge in [0.1, 0.15) is 11.5 Å². The van der Waals surface area contributed by atoms with Crippen molar-refractivity contribution in [3.05, 3.63) is 46.1 Å². The van der Waals surface area contributed by atoms with Crippen molar-refractivity contribution in [3.8, 4) is 11.4 Å². The molecule has 0 spiro atoms. The van der Waals surface area contributed by atoms with Crippen LogP contribution in [-0.2, 0) is 11.2 Å². The van der Waals surface area contributed by atoms with E-state index < -0.39 is 0 Å². The first kappa shape index (κ1) is 14.4. The van der Waals surface area contributed by atoms with Gasteiger partial charge in [0.25, 0.3) is 5.56 Å². The third-order valence-electron chi connectivity index (χ3n) is 3.41. The third kappa shape index (κ3) is 3.55. The Hall–Kier alpha value is -2.57. The smallest absolute Gasteiger partial charge is 0.273 e. The molecule has 2 N–H and O–H groups in total. The lowest BCUT2D eigenvalue weighted by atomic mass is 10.2. The number of hydrogen-bond acceptors (Lipinski definition) is 4. The fourth-order valence-corrected chi connectivity index (χ4v) is 2.02. The fraction of sp³-hybridized carbons (Fsp3) is 0.333. The van der Waals surface area contributed by atoms with E-state index in [1.807, 2.05) is 0 Å². The number of nitrogens with one attached hydrogen (secondary N) is 2. The molecule has 2 aromatic rings. The summed E-state index contributed by atoms with van der Waals surface area (Å²) in [5.74, 6) is -0.167. The van der Waals surface area contributed by atoms with E-state index in [2.05, 4.69) is 20.5 Å². The first-order chi connectivity index (χ1) is 10.6. The second-order valence-electron chi connectivity index (χ2n) is 5.30. The molecule has 22 heavy (non-hydrogen) atoms. The molecule has 1 aliphatic carbocycles. The number of benzene rings is 1. The van der Waals surface area contributed by atoms with Crippen LogP contribution in [-0.4, -0.2) is 27.1 Å². The summed E-state index contributed by atoms with van der Waals surface area (Å²) in [7, 11) is 0. The van der Waals surface area contributed by atoms with Gasteiger partial charge in [-0.05, 0) is 37.1 Å². The molecule has 1 aromatic carbocycles. The van der Waals surface area contributed by atoms with Crippen molar-refractivity contribution in [2.45, 2.75) is 31.7 Å². The number of carbonyl (C=O) groups excluding carboxylic acids is 1. The highest BCUT2D eigenvalue weighted by atomic mass is 19.1. The van der Waals surface area contributed by atoms with Crippen molar-refractivity contribution in [2.24, 2.45) is 0 Å². The molecule has 0 atom stereocenters. The van der Waals surface area contributed by atoms with E-state index in [0.29, 0.717) is 11.6 Å². The van der Waals surface area contributed by atoms with Crippen molar-refractivity contribution in [1.29, 1.82) is 0 Å². The first-order valence-corrected chi connectivity index (χ1v) is 7.13. The van der Waals surface area contributed by atoms with Gasteiger partial charge in [-0.25, -0.2) is 4.39 Å². The second-order valence-corrected chi connectivity index (χ2v) is 5.30. The average molecular weight is 302 g/mol. The molecule has 1 aromatic heterocycles. The SMILES string of the molecule is O=C(CCc1nnc(-c2ccc(F)cc2)[nH]c1=O)NC1CC1. The van der Waals surface area contributed by atoms with E-state index in [1.165, 1.54) is 24.3 Å². The summed E-state index contributed by atoms with van der Waals surface area (Å²) in [5.41, 5.74) is 0.411. The Balaban J connectivity index is 1.67. The number of aryl methyl sites for hydroxylation is 1. The predicted octanol–water partition coefficient (Wildman–Crippen LogP) is 1.18. The van der Waals surface area contributed by atoms with Gasteiger partial charge >= 0.3 is 0 Å². The lowest BCUT2D eigenvalue weighted by molar-refractivity contribution is -0.121. The lowest BCUT2D eigenvalue weighted by Crippen LogP contribution is -2.27. The minimum Gasteiger partial charge on any atom is -0.353 e. The van der Waals surface area contributed by atoms with E-state index in [1.54, 1.807) is 0 Å². The maximum absolute atomic E-state index is 12.9. The number of aromatic amines is 1. The van der Waals surface area contributed by atoms with Crippen LogP contribution in [0.5, 0.6) is 0 Å². The topological polar surface area (TPSA) is 87.7 Å². The third-order valence-corrected chi connectivity index (χ3v) is 3.41. The monoisotopic (exact) mass is 302 g/mol. The molecule has 0 aliphatic heterocycles. The number of nitrogens with zero attached hydrogens (tertiary/aromatic N) is 2. The Bertz CT molecular complexity index is 738. The van der Waals surface area contributed by atoms with Crippen molar-refractivity contribution < 1.29 is 9.18 Å². The molecule has 0 saturated heterocycles. The van der Waals surface area contributed by atoms with Crippen molar-refractivity contribution in [3.63, 3.8) is 0 Å². The van der Waals surface area contributed by atoms with Gasteiger partial charge in [-0.1, -0.05) is 0 Å². The van der Waals surface area contributed by atoms with Gasteiger partial charge in [-0.2, -0.15) is 0 Å². The Morgan fingerprint density at radius 1 is 1.27 bits per heavy atom. The molecule has 0 bridgehead atoms. The molecule has 0 radical (unpaired) electrons. The first-order valence-electron chi connectivity index (χ1n) is 7.13. The summed E-state index contributed by atoms with van der Waals surface area (Å²) >= 11 is 0. The molecule has 3 rings (SSSR count). The molecule has 7 heteroatoms.